The molecule has 0 aliphatic carbocycles. The third-order valence-electron chi connectivity index (χ3n) is 3.77. The van der Waals surface area contributed by atoms with Gasteiger partial charge in [-0.05, 0) is 50.2 Å². The summed E-state index contributed by atoms with van der Waals surface area (Å²) in [5.41, 5.74) is 1.44. The number of aryl methyl sites for hydroxylation is 1. The highest BCUT2D eigenvalue weighted by Gasteiger charge is 2.11. The Bertz CT molecular complexity index is 926. The van der Waals surface area contributed by atoms with Crippen molar-refractivity contribution in [1.82, 2.24) is 4.98 Å². The highest BCUT2D eigenvalue weighted by Crippen LogP contribution is 2.33. The summed E-state index contributed by atoms with van der Waals surface area (Å²) in [7, 11) is 1.54. The number of methoxy groups -OCH3 is 1. The number of benzene rings is 2. The lowest BCUT2D eigenvalue weighted by Gasteiger charge is -2.13. The van der Waals surface area contributed by atoms with Crippen LogP contribution in [0, 0.1) is 18.3 Å². The predicted octanol–water partition coefficient (Wildman–Crippen LogP) is 4.83. The van der Waals surface area contributed by atoms with E-state index in [1.165, 1.54) is 0 Å². The Hall–Kier alpha value is -3.46. The number of nitrogens with zero attached hydrogens (tertiary/aromatic N) is 2. The van der Waals surface area contributed by atoms with E-state index >= 15 is 0 Å². The van der Waals surface area contributed by atoms with Crippen molar-refractivity contribution in [2.75, 3.05) is 12.4 Å². The smallest absolute Gasteiger partial charge is 0.216 e. The molecule has 1 heterocycles. The van der Waals surface area contributed by atoms with Gasteiger partial charge in [-0.3, -0.25) is 0 Å². The van der Waals surface area contributed by atoms with Crippen LogP contribution < -0.4 is 14.8 Å². The van der Waals surface area contributed by atoms with Gasteiger partial charge in [0, 0.05) is 11.8 Å². The number of hydrogen-bond donors (Lipinski definition) is 1. The summed E-state index contributed by atoms with van der Waals surface area (Å²) in [6, 6.07) is 14.6. The first-order valence-corrected chi connectivity index (χ1v) is 8.14. The van der Waals surface area contributed by atoms with Gasteiger partial charge in [0.25, 0.3) is 0 Å². The molecule has 132 valence electrons. The molecular formula is C20H19N3O3. The summed E-state index contributed by atoms with van der Waals surface area (Å²) in [5.74, 6) is 3.16. The predicted molar refractivity (Wildman–Crippen MR) is 97.5 cm³/mol. The second kappa shape index (κ2) is 7.62. The Balaban J connectivity index is 1.69. The number of anilines is 1. The second-order valence-electron chi connectivity index (χ2n) is 5.78. The largest absolute Gasteiger partial charge is 0.493 e. The van der Waals surface area contributed by atoms with E-state index in [9.17, 15) is 0 Å². The van der Waals surface area contributed by atoms with Crippen molar-refractivity contribution in [2.45, 2.75) is 19.9 Å². The summed E-state index contributed by atoms with van der Waals surface area (Å²) in [6.45, 7) is 3.85. The van der Waals surface area contributed by atoms with E-state index in [0.29, 0.717) is 28.7 Å². The maximum Gasteiger partial charge on any atom is 0.216 e. The summed E-state index contributed by atoms with van der Waals surface area (Å²) < 4.78 is 16.7. The Labute approximate surface area is 152 Å². The Morgan fingerprint density at radius 3 is 2.54 bits per heavy atom. The van der Waals surface area contributed by atoms with Crippen LogP contribution in [-0.2, 0) is 0 Å². The highest BCUT2D eigenvalue weighted by atomic mass is 16.5. The average Bonchev–Trinajstić information content (AvgIpc) is 3.10. The SMILES string of the molecule is COc1cc(C#N)ccc1Oc1ccc(N[C@H](C)c2ncc(C)o2)cc1. The minimum absolute atomic E-state index is 0.0471. The zero-order valence-electron chi connectivity index (χ0n) is 14.8. The molecule has 1 N–H and O–H groups in total. The molecule has 0 saturated carbocycles. The first kappa shape index (κ1) is 17.4. The van der Waals surface area contributed by atoms with Gasteiger partial charge < -0.3 is 19.2 Å². The number of aromatic nitrogens is 1. The molecular weight excluding hydrogens is 330 g/mol. The maximum atomic E-state index is 8.96. The van der Waals surface area contributed by atoms with E-state index in [4.69, 9.17) is 19.2 Å². The lowest BCUT2D eigenvalue weighted by Crippen LogP contribution is -2.06. The molecule has 1 atom stereocenters. The van der Waals surface area contributed by atoms with Crippen LogP contribution in [0.3, 0.4) is 0 Å². The van der Waals surface area contributed by atoms with E-state index < -0.39 is 0 Å². The molecule has 1 aromatic heterocycles. The van der Waals surface area contributed by atoms with Gasteiger partial charge in [0.05, 0.1) is 24.9 Å². The summed E-state index contributed by atoms with van der Waals surface area (Å²) in [6.07, 6.45) is 1.70. The van der Waals surface area contributed by atoms with Crippen molar-refractivity contribution < 1.29 is 13.9 Å². The number of nitrogens with one attached hydrogen (secondary N) is 1. The first-order valence-electron chi connectivity index (χ1n) is 8.14. The van der Waals surface area contributed by atoms with Gasteiger partial charge in [-0.25, -0.2) is 4.98 Å². The van der Waals surface area contributed by atoms with Gasteiger partial charge >= 0.3 is 0 Å². The average molecular weight is 349 g/mol. The molecule has 3 aromatic rings. The van der Waals surface area contributed by atoms with Gasteiger partial charge in [-0.2, -0.15) is 5.26 Å². The van der Waals surface area contributed by atoms with Crippen molar-refractivity contribution >= 4 is 5.69 Å². The molecule has 0 unspecified atom stereocenters. The van der Waals surface area contributed by atoms with Crippen LogP contribution in [0.15, 0.2) is 53.1 Å². The lowest BCUT2D eigenvalue weighted by atomic mass is 10.2. The normalized spacial score (nSPS) is 11.5. The monoisotopic (exact) mass is 349 g/mol. The molecule has 0 saturated heterocycles. The van der Waals surface area contributed by atoms with Crippen LogP contribution in [0.25, 0.3) is 0 Å². The molecule has 3 rings (SSSR count). The molecule has 0 bridgehead atoms. The quantitative estimate of drug-likeness (QED) is 0.686. The summed E-state index contributed by atoms with van der Waals surface area (Å²) >= 11 is 0. The standard InChI is InChI=1S/C20H19N3O3/c1-13-12-22-20(25-13)14(2)23-16-5-7-17(8-6-16)26-18-9-4-15(11-21)10-19(18)24-3/h4-10,12,14,23H,1-3H3/t14-/m1/s1. The minimum atomic E-state index is -0.0471. The van der Waals surface area contributed by atoms with Crippen molar-refractivity contribution in [3.8, 4) is 23.3 Å². The lowest BCUT2D eigenvalue weighted by molar-refractivity contribution is 0.378. The number of rotatable bonds is 6. The number of ether oxygens (including phenoxy) is 2. The number of oxazole rings is 1. The van der Waals surface area contributed by atoms with Crippen molar-refractivity contribution in [2.24, 2.45) is 0 Å². The van der Waals surface area contributed by atoms with E-state index in [2.05, 4.69) is 16.4 Å². The summed E-state index contributed by atoms with van der Waals surface area (Å²) in [5, 5.41) is 12.3. The van der Waals surface area contributed by atoms with Gasteiger partial charge in [0.15, 0.2) is 11.5 Å². The fourth-order valence-corrected chi connectivity index (χ4v) is 2.45. The Morgan fingerprint density at radius 2 is 1.92 bits per heavy atom. The molecule has 0 fully saturated rings. The molecule has 0 aliphatic rings. The molecule has 26 heavy (non-hydrogen) atoms. The molecule has 2 aromatic carbocycles. The molecule has 0 radical (unpaired) electrons. The van der Waals surface area contributed by atoms with Crippen molar-refractivity contribution in [1.29, 1.82) is 5.26 Å². The molecule has 0 aliphatic heterocycles. The molecule has 0 spiro atoms. The van der Waals surface area contributed by atoms with Gasteiger partial charge in [0.1, 0.15) is 17.6 Å². The fraction of sp³-hybridized carbons (Fsp3) is 0.200. The highest BCUT2D eigenvalue weighted by molar-refractivity contribution is 5.51. The van der Waals surface area contributed by atoms with Crippen LogP contribution >= 0.6 is 0 Å². The Kier molecular flexibility index (Phi) is 5.09. The summed E-state index contributed by atoms with van der Waals surface area (Å²) in [4.78, 5) is 4.23. The Morgan fingerprint density at radius 1 is 1.15 bits per heavy atom. The fourth-order valence-electron chi connectivity index (χ4n) is 2.45. The molecule has 0 amide bonds. The van der Waals surface area contributed by atoms with E-state index in [-0.39, 0.29) is 6.04 Å². The van der Waals surface area contributed by atoms with Crippen molar-refractivity contribution in [3.05, 3.63) is 65.9 Å². The number of hydrogen-bond acceptors (Lipinski definition) is 6. The van der Waals surface area contributed by atoms with Crippen LogP contribution in [0.4, 0.5) is 5.69 Å². The minimum Gasteiger partial charge on any atom is -0.493 e. The zero-order chi connectivity index (χ0) is 18.5. The molecule has 6 heteroatoms. The van der Waals surface area contributed by atoms with Crippen LogP contribution in [0.5, 0.6) is 17.2 Å². The zero-order valence-corrected chi connectivity index (χ0v) is 14.8. The number of nitriles is 1. The van der Waals surface area contributed by atoms with Gasteiger partial charge in [-0.1, -0.05) is 0 Å². The van der Waals surface area contributed by atoms with Crippen LogP contribution in [0.2, 0.25) is 0 Å². The maximum absolute atomic E-state index is 8.96. The van der Waals surface area contributed by atoms with E-state index in [1.54, 1.807) is 31.5 Å². The van der Waals surface area contributed by atoms with Gasteiger partial charge in [-0.15, -0.1) is 0 Å². The van der Waals surface area contributed by atoms with Crippen LogP contribution in [-0.4, -0.2) is 12.1 Å². The van der Waals surface area contributed by atoms with Gasteiger partial charge in [0.2, 0.25) is 5.89 Å². The topological polar surface area (TPSA) is 80.3 Å². The second-order valence-corrected chi connectivity index (χ2v) is 5.78. The van der Waals surface area contributed by atoms with E-state index in [0.717, 1.165) is 11.4 Å². The molecule has 6 nitrogen and oxygen atoms in total. The first-order chi connectivity index (χ1) is 12.6. The van der Waals surface area contributed by atoms with E-state index in [1.807, 2.05) is 38.1 Å². The third-order valence-corrected chi connectivity index (χ3v) is 3.77. The van der Waals surface area contributed by atoms with Crippen molar-refractivity contribution in [3.63, 3.8) is 0 Å². The third kappa shape index (κ3) is 3.95. The van der Waals surface area contributed by atoms with Crippen LogP contribution in [0.1, 0.15) is 30.2 Å².